The number of carbonyl (C=O) groups is 1. The number of Topliss-reactive ketones (excluding diaryl/α,β-unsaturated/α-hetero) is 1. The number of benzene rings is 1. The fourth-order valence-corrected chi connectivity index (χ4v) is 2.44. The Balaban J connectivity index is 2.92. The van der Waals surface area contributed by atoms with Gasteiger partial charge >= 0.3 is 0 Å². The van der Waals surface area contributed by atoms with Gasteiger partial charge in [0.15, 0.2) is 5.78 Å². The zero-order valence-electron chi connectivity index (χ0n) is 11.2. The highest BCUT2D eigenvalue weighted by molar-refractivity contribution is 7.89. The highest BCUT2D eigenvalue weighted by Gasteiger charge is 2.28. The number of hydrogen-bond donors (Lipinski definition) is 0. The van der Waals surface area contributed by atoms with Crippen molar-refractivity contribution in [1.82, 2.24) is 4.31 Å². The maximum Gasteiger partial charge on any atom is 0.243 e. The molecule has 0 N–H and O–H groups in total. The summed E-state index contributed by atoms with van der Waals surface area (Å²) < 4.78 is 25.4. The lowest BCUT2D eigenvalue weighted by atomic mass is 9.91. The first-order valence-corrected chi connectivity index (χ1v) is 7.14. The molecule has 0 unspecified atom stereocenters. The monoisotopic (exact) mass is 269 g/mol. The normalized spacial score (nSPS) is 12.7. The highest BCUT2D eigenvalue weighted by atomic mass is 32.2. The van der Waals surface area contributed by atoms with Crippen LogP contribution in [0, 0.1) is 5.41 Å². The van der Waals surface area contributed by atoms with Crippen molar-refractivity contribution in [2.24, 2.45) is 5.41 Å². The predicted octanol–water partition coefficient (Wildman–Crippen LogP) is 1.92. The van der Waals surface area contributed by atoms with Crippen LogP contribution in [0.3, 0.4) is 0 Å². The average molecular weight is 269 g/mol. The molecule has 18 heavy (non-hydrogen) atoms. The van der Waals surface area contributed by atoms with E-state index in [1.807, 2.05) is 0 Å². The minimum Gasteiger partial charge on any atom is -0.298 e. The molecule has 0 aliphatic heterocycles. The van der Waals surface area contributed by atoms with Crippen LogP contribution < -0.4 is 0 Å². The lowest BCUT2D eigenvalue weighted by molar-refractivity contribution is -0.126. The number of sulfonamides is 1. The predicted molar refractivity (Wildman–Crippen MR) is 70.7 cm³/mol. The van der Waals surface area contributed by atoms with Crippen LogP contribution in [0.5, 0.6) is 0 Å². The van der Waals surface area contributed by atoms with Gasteiger partial charge in [-0.15, -0.1) is 0 Å². The van der Waals surface area contributed by atoms with Gasteiger partial charge in [-0.05, 0) is 12.1 Å². The van der Waals surface area contributed by atoms with E-state index < -0.39 is 15.4 Å². The molecule has 0 aromatic heterocycles. The molecule has 0 atom stereocenters. The molecule has 0 aliphatic carbocycles. The Labute approximate surface area is 109 Å². The summed E-state index contributed by atoms with van der Waals surface area (Å²) in [6.07, 6.45) is 0. The molecule has 0 fully saturated rings. The second kappa shape index (κ2) is 5.20. The van der Waals surface area contributed by atoms with Crippen molar-refractivity contribution in [3.63, 3.8) is 0 Å². The molecule has 1 aromatic carbocycles. The van der Waals surface area contributed by atoms with Crippen molar-refractivity contribution in [1.29, 1.82) is 0 Å². The van der Waals surface area contributed by atoms with Gasteiger partial charge in [-0.2, -0.15) is 4.31 Å². The summed E-state index contributed by atoms with van der Waals surface area (Å²) in [4.78, 5) is 12.0. The van der Waals surface area contributed by atoms with Crippen LogP contribution in [-0.4, -0.2) is 32.1 Å². The molecule has 0 amide bonds. The summed E-state index contributed by atoms with van der Waals surface area (Å²) >= 11 is 0. The molecule has 0 aliphatic rings. The molecule has 0 radical (unpaired) electrons. The summed E-state index contributed by atoms with van der Waals surface area (Å²) in [7, 11) is -2.16. The van der Waals surface area contributed by atoms with Crippen molar-refractivity contribution in [2.75, 3.05) is 13.6 Å². The quantitative estimate of drug-likeness (QED) is 0.839. The lowest BCUT2D eigenvalue weighted by Gasteiger charge is -2.22. The Kier molecular flexibility index (Phi) is 4.29. The van der Waals surface area contributed by atoms with E-state index in [0.717, 1.165) is 4.31 Å². The number of nitrogens with zero attached hydrogens (tertiary/aromatic N) is 1. The van der Waals surface area contributed by atoms with Gasteiger partial charge in [-0.3, -0.25) is 4.79 Å². The van der Waals surface area contributed by atoms with Crippen molar-refractivity contribution < 1.29 is 13.2 Å². The minimum absolute atomic E-state index is 0.107. The smallest absolute Gasteiger partial charge is 0.243 e. The third kappa shape index (κ3) is 3.40. The van der Waals surface area contributed by atoms with Crippen molar-refractivity contribution in [2.45, 2.75) is 25.7 Å². The van der Waals surface area contributed by atoms with E-state index in [0.29, 0.717) is 0 Å². The van der Waals surface area contributed by atoms with Gasteiger partial charge in [0.1, 0.15) is 0 Å². The zero-order valence-corrected chi connectivity index (χ0v) is 12.0. The lowest BCUT2D eigenvalue weighted by Crippen LogP contribution is -2.37. The van der Waals surface area contributed by atoms with Crippen LogP contribution in [0.4, 0.5) is 0 Å². The Hall–Kier alpha value is -1.20. The van der Waals surface area contributed by atoms with Crippen molar-refractivity contribution in [3.05, 3.63) is 30.3 Å². The largest absolute Gasteiger partial charge is 0.298 e. The summed E-state index contributed by atoms with van der Waals surface area (Å²) in [6.45, 7) is 5.22. The fraction of sp³-hybridized carbons (Fsp3) is 0.462. The first-order chi connectivity index (χ1) is 8.15. The third-order valence-corrected chi connectivity index (χ3v) is 4.47. The number of hydrogen-bond acceptors (Lipinski definition) is 3. The van der Waals surface area contributed by atoms with Crippen molar-refractivity contribution >= 4 is 15.8 Å². The summed E-state index contributed by atoms with van der Waals surface area (Å²) in [5.41, 5.74) is -0.541. The maximum absolute atomic E-state index is 12.2. The molecule has 5 heteroatoms. The molecular formula is C13H19NO3S. The Morgan fingerprint density at radius 3 is 2.11 bits per heavy atom. The van der Waals surface area contributed by atoms with Gasteiger partial charge in [0.25, 0.3) is 0 Å². The van der Waals surface area contributed by atoms with Gasteiger partial charge in [-0.1, -0.05) is 39.0 Å². The molecule has 0 saturated carbocycles. The van der Waals surface area contributed by atoms with Gasteiger partial charge in [0.05, 0.1) is 11.4 Å². The second-order valence-corrected chi connectivity index (χ2v) is 7.29. The molecule has 0 spiro atoms. The number of rotatable bonds is 4. The first-order valence-electron chi connectivity index (χ1n) is 5.70. The van der Waals surface area contributed by atoms with Crippen LogP contribution >= 0.6 is 0 Å². The maximum atomic E-state index is 12.2. The average Bonchev–Trinajstić information content (AvgIpc) is 2.28. The molecule has 1 aromatic rings. The van der Waals surface area contributed by atoms with Crippen LogP contribution in [0.25, 0.3) is 0 Å². The first kappa shape index (κ1) is 14.9. The van der Waals surface area contributed by atoms with E-state index in [2.05, 4.69) is 0 Å². The number of likely N-dealkylation sites (N-methyl/N-ethyl adjacent to an activating group) is 1. The van der Waals surface area contributed by atoms with E-state index in [-0.39, 0.29) is 17.2 Å². The minimum atomic E-state index is -3.58. The molecular weight excluding hydrogens is 250 g/mol. The van der Waals surface area contributed by atoms with Crippen LogP contribution in [0.2, 0.25) is 0 Å². The molecule has 4 nitrogen and oxygen atoms in total. The van der Waals surface area contributed by atoms with Gasteiger partial charge in [-0.25, -0.2) is 8.42 Å². The Morgan fingerprint density at radius 1 is 1.17 bits per heavy atom. The zero-order chi connectivity index (χ0) is 14.0. The molecule has 100 valence electrons. The summed E-state index contributed by atoms with van der Waals surface area (Å²) in [5, 5.41) is 0. The molecule has 0 saturated heterocycles. The topological polar surface area (TPSA) is 54.5 Å². The van der Waals surface area contributed by atoms with Crippen LogP contribution in [0.15, 0.2) is 35.2 Å². The third-order valence-electron chi connectivity index (χ3n) is 2.65. The van der Waals surface area contributed by atoms with Crippen LogP contribution in [-0.2, 0) is 14.8 Å². The van der Waals surface area contributed by atoms with Gasteiger partial charge < -0.3 is 0 Å². The number of ketones is 1. The van der Waals surface area contributed by atoms with Gasteiger partial charge in [0, 0.05) is 12.5 Å². The second-order valence-electron chi connectivity index (χ2n) is 5.25. The van der Waals surface area contributed by atoms with E-state index in [4.69, 9.17) is 0 Å². The van der Waals surface area contributed by atoms with E-state index >= 15 is 0 Å². The van der Waals surface area contributed by atoms with Gasteiger partial charge in [0.2, 0.25) is 10.0 Å². The Bertz CT molecular complexity index is 515. The van der Waals surface area contributed by atoms with Crippen molar-refractivity contribution in [3.8, 4) is 0 Å². The van der Waals surface area contributed by atoms with E-state index in [1.54, 1.807) is 39.0 Å². The Morgan fingerprint density at radius 2 is 1.67 bits per heavy atom. The van der Waals surface area contributed by atoms with E-state index in [1.165, 1.54) is 19.2 Å². The molecule has 0 bridgehead atoms. The molecule has 0 heterocycles. The fourth-order valence-electron chi connectivity index (χ4n) is 1.30. The number of carbonyl (C=O) groups excluding carboxylic acids is 1. The SMILES string of the molecule is CN(CC(=O)C(C)(C)C)S(=O)(=O)c1ccccc1. The standard InChI is InChI=1S/C13H19NO3S/c1-13(2,3)12(15)10-14(4)18(16,17)11-8-6-5-7-9-11/h5-9H,10H2,1-4H3. The summed E-state index contributed by atoms with van der Waals surface area (Å²) in [6, 6.07) is 8.11. The molecule has 1 rings (SSSR count). The van der Waals surface area contributed by atoms with Crippen LogP contribution in [0.1, 0.15) is 20.8 Å². The van der Waals surface area contributed by atoms with E-state index in [9.17, 15) is 13.2 Å². The highest BCUT2D eigenvalue weighted by Crippen LogP contribution is 2.18. The summed E-state index contributed by atoms with van der Waals surface area (Å²) in [5.74, 6) is -0.107.